The monoisotopic (exact) mass is 331 g/mol. The molecule has 0 spiro atoms. The van der Waals surface area contributed by atoms with Crippen molar-refractivity contribution in [2.24, 2.45) is 5.92 Å². The van der Waals surface area contributed by atoms with E-state index in [1.807, 2.05) is 26.0 Å². The van der Waals surface area contributed by atoms with Crippen molar-refractivity contribution in [3.63, 3.8) is 0 Å². The third-order valence-corrected chi connectivity index (χ3v) is 5.42. The summed E-state index contributed by atoms with van der Waals surface area (Å²) in [6, 6.07) is 3.96. The molecule has 3 rings (SSSR count). The van der Waals surface area contributed by atoms with E-state index in [2.05, 4.69) is 15.3 Å². The Morgan fingerprint density at radius 2 is 2.09 bits per heavy atom. The molecule has 5 nitrogen and oxygen atoms in total. The first-order valence-corrected chi connectivity index (χ1v) is 8.66. The molecule has 0 aliphatic heterocycles. The van der Waals surface area contributed by atoms with Crippen LogP contribution in [0.1, 0.15) is 38.8 Å². The first kappa shape index (κ1) is 16.1. The second-order valence-corrected chi connectivity index (χ2v) is 7.38. The standard InChI is InChI=1S/C17H21N3O2S/c1-10-16(23-11(2)19-10)17(22)20-15(13-8-14(21)9-13)7-12-3-5-18-6-4-12/h3-6,13-15,21H,7-9H2,1-2H3,(H,20,22). The highest BCUT2D eigenvalue weighted by atomic mass is 32.1. The number of hydrogen-bond donors (Lipinski definition) is 2. The topological polar surface area (TPSA) is 75.1 Å². The van der Waals surface area contributed by atoms with Gasteiger partial charge in [-0.05, 0) is 56.7 Å². The second kappa shape index (κ2) is 6.76. The van der Waals surface area contributed by atoms with Gasteiger partial charge in [-0.25, -0.2) is 4.98 Å². The van der Waals surface area contributed by atoms with Crippen molar-refractivity contribution in [3.8, 4) is 0 Å². The highest BCUT2D eigenvalue weighted by Gasteiger charge is 2.35. The lowest BCUT2D eigenvalue weighted by Gasteiger charge is -2.38. The van der Waals surface area contributed by atoms with E-state index in [-0.39, 0.29) is 18.1 Å². The minimum Gasteiger partial charge on any atom is -0.393 e. The Balaban J connectivity index is 1.73. The number of hydrogen-bond acceptors (Lipinski definition) is 5. The summed E-state index contributed by atoms with van der Waals surface area (Å²) in [6.45, 7) is 3.77. The molecular weight excluding hydrogens is 310 g/mol. The Bertz CT molecular complexity index is 680. The average Bonchev–Trinajstić information content (AvgIpc) is 2.83. The molecule has 1 fully saturated rings. The Kier molecular flexibility index (Phi) is 4.73. The van der Waals surface area contributed by atoms with Gasteiger partial charge in [0.05, 0.1) is 16.8 Å². The van der Waals surface area contributed by atoms with Gasteiger partial charge in [0.15, 0.2) is 0 Å². The lowest BCUT2D eigenvalue weighted by molar-refractivity contribution is 0.0239. The molecule has 1 atom stereocenters. The highest BCUT2D eigenvalue weighted by molar-refractivity contribution is 7.13. The summed E-state index contributed by atoms with van der Waals surface area (Å²) in [5.74, 6) is 0.255. The molecule has 1 aliphatic rings. The van der Waals surface area contributed by atoms with Crippen molar-refractivity contribution in [1.82, 2.24) is 15.3 Å². The molecule has 1 saturated carbocycles. The number of aliphatic hydroxyl groups excluding tert-OH is 1. The van der Waals surface area contributed by atoms with E-state index < -0.39 is 0 Å². The molecule has 1 unspecified atom stereocenters. The van der Waals surface area contributed by atoms with Crippen LogP contribution in [0.5, 0.6) is 0 Å². The lowest BCUT2D eigenvalue weighted by Crippen LogP contribution is -2.48. The van der Waals surface area contributed by atoms with E-state index in [9.17, 15) is 9.90 Å². The molecule has 0 bridgehead atoms. The summed E-state index contributed by atoms with van der Waals surface area (Å²) >= 11 is 1.43. The molecular formula is C17H21N3O2S. The number of thiazole rings is 1. The van der Waals surface area contributed by atoms with Crippen LogP contribution in [-0.2, 0) is 6.42 Å². The number of carbonyl (C=O) groups is 1. The van der Waals surface area contributed by atoms with Crippen molar-refractivity contribution in [2.75, 3.05) is 0 Å². The fraction of sp³-hybridized carbons (Fsp3) is 0.471. The predicted octanol–water partition coefficient (Wildman–Crippen LogP) is 2.27. The van der Waals surface area contributed by atoms with E-state index in [1.54, 1.807) is 12.4 Å². The smallest absolute Gasteiger partial charge is 0.263 e. The summed E-state index contributed by atoms with van der Waals surface area (Å²) in [5, 5.41) is 13.7. The summed E-state index contributed by atoms with van der Waals surface area (Å²) in [4.78, 5) is 21.6. The van der Waals surface area contributed by atoms with Crippen LogP contribution >= 0.6 is 11.3 Å². The van der Waals surface area contributed by atoms with Gasteiger partial charge in [-0.2, -0.15) is 0 Å². The van der Waals surface area contributed by atoms with Gasteiger partial charge >= 0.3 is 0 Å². The van der Waals surface area contributed by atoms with E-state index in [1.165, 1.54) is 11.3 Å². The number of aliphatic hydroxyl groups is 1. The van der Waals surface area contributed by atoms with Gasteiger partial charge in [-0.15, -0.1) is 11.3 Å². The fourth-order valence-corrected chi connectivity index (χ4v) is 3.87. The number of rotatable bonds is 5. The first-order chi connectivity index (χ1) is 11.0. The van der Waals surface area contributed by atoms with Crippen molar-refractivity contribution in [2.45, 2.75) is 45.3 Å². The summed E-state index contributed by atoms with van der Waals surface area (Å²) < 4.78 is 0. The van der Waals surface area contributed by atoms with Gasteiger partial charge in [0, 0.05) is 18.4 Å². The van der Waals surface area contributed by atoms with Crippen molar-refractivity contribution >= 4 is 17.2 Å². The molecule has 1 aliphatic carbocycles. The van der Waals surface area contributed by atoms with Crippen molar-refractivity contribution in [3.05, 3.63) is 45.7 Å². The zero-order chi connectivity index (χ0) is 16.4. The van der Waals surface area contributed by atoms with Gasteiger partial charge in [-0.1, -0.05) is 0 Å². The number of nitrogens with zero attached hydrogens (tertiary/aromatic N) is 2. The number of aryl methyl sites for hydroxylation is 2. The maximum absolute atomic E-state index is 12.6. The van der Waals surface area contributed by atoms with Gasteiger partial charge in [0.2, 0.25) is 0 Å². The Morgan fingerprint density at radius 1 is 1.39 bits per heavy atom. The van der Waals surface area contributed by atoms with Gasteiger partial charge in [-0.3, -0.25) is 9.78 Å². The molecule has 23 heavy (non-hydrogen) atoms. The van der Waals surface area contributed by atoms with E-state index in [0.29, 0.717) is 10.8 Å². The summed E-state index contributed by atoms with van der Waals surface area (Å²) in [6.07, 6.45) is 5.54. The van der Waals surface area contributed by atoms with Crippen LogP contribution in [-0.4, -0.2) is 33.1 Å². The summed E-state index contributed by atoms with van der Waals surface area (Å²) in [7, 11) is 0. The highest BCUT2D eigenvalue weighted by Crippen LogP contribution is 2.32. The SMILES string of the molecule is Cc1nc(C)c(C(=O)NC(Cc2ccncc2)C2CC(O)C2)s1. The van der Waals surface area contributed by atoms with Crippen LogP contribution in [0.25, 0.3) is 0 Å². The second-order valence-electron chi connectivity index (χ2n) is 6.17. The molecule has 122 valence electrons. The normalized spacial score (nSPS) is 21.5. The van der Waals surface area contributed by atoms with Crippen LogP contribution in [0, 0.1) is 19.8 Å². The Morgan fingerprint density at radius 3 is 2.65 bits per heavy atom. The van der Waals surface area contributed by atoms with Crippen LogP contribution in [0.2, 0.25) is 0 Å². The molecule has 2 aromatic heterocycles. The Labute approximate surface area is 139 Å². The largest absolute Gasteiger partial charge is 0.393 e. The number of carbonyl (C=O) groups excluding carboxylic acids is 1. The number of pyridine rings is 1. The maximum atomic E-state index is 12.6. The predicted molar refractivity (Wildman–Crippen MR) is 89.5 cm³/mol. The molecule has 2 heterocycles. The molecule has 0 aromatic carbocycles. The summed E-state index contributed by atoms with van der Waals surface area (Å²) in [5.41, 5.74) is 1.92. The van der Waals surface area contributed by atoms with E-state index >= 15 is 0 Å². The number of aromatic nitrogens is 2. The van der Waals surface area contributed by atoms with Crippen LogP contribution in [0.4, 0.5) is 0 Å². The molecule has 0 saturated heterocycles. The first-order valence-electron chi connectivity index (χ1n) is 7.85. The molecule has 0 radical (unpaired) electrons. The van der Waals surface area contributed by atoms with Gasteiger partial charge < -0.3 is 10.4 Å². The maximum Gasteiger partial charge on any atom is 0.263 e. The van der Waals surface area contributed by atoms with Crippen LogP contribution in [0.3, 0.4) is 0 Å². The van der Waals surface area contributed by atoms with Gasteiger partial charge in [0.1, 0.15) is 4.88 Å². The minimum absolute atomic E-state index is 0.0232. The van der Waals surface area contributed by atoms with E-state index in [0.717, 1.165) is 35.5 Å². The Hall–Kier alpha value is -1.79. The zero-order valence-electron chi connectivity index (χ0n) is 13.3. The van der Waals surface area contributed by atoms with E-state index in [4.69, 9.17) is 0 Å². The molecule has 6 heteroatoms. The van der Waals surface area contributed by atoms with Crippen molar-refractivity contribution < 1.29 is 9.90 Å². The lowest BCUT2D eigenvalue weighted by atomic mass is 9.75. The number of amides is 1. The third kappa shape index (κ3) is 3.76. The fourth-order valence-electron chi connectivity index (χ4n) is 3.04. The van der Waals surface area contributed by atoms with Crippen LogP contribution < -0.4 is 5.32 Å². The zero-order valence-corrected chi connectivity index (χ0v) is 14.1. The quantitative estimate of drug-likeness (QED) is 0.881. The molecule has 1 amide bonds. The third-order valence-electron chi connectivity index (χ3n) is 4.35. The van der Waals surface area contributed by atoms with Gasteiger partial charge in [0.25, 0.3) is 5.91 Å². The number of nitrogens with one attached hydrogen (secondary N) is 1. The molecule has 2 aromatic rings. The van der Waals surface area contributed by atoms with Crippen molar-refractivity contribution in [1.29, 1.82) is 0 Å². The van der Waals surface area contributed by atoms with Crippen LogP contribution in [0.15, 0.2) is 24.5 Å². The molecule has 2 N–H and O–H groups in total. The minimum atomic E-state index is -0.232. The average molecular weight is 331 g/mol.